The van der Waals surface area contributed by atoms with E-state index in [-0.39, 0.29) is 36.2 Å². The second kappa shape index (κ2) is 9.07. The van der Waals surface area contributed by atoms with Crippen LogP contribution in [0.2, 0.25) is 0 Å². The fourth-order valence-electron chi connectivity index (χ4n) is 2.89. The molecule has 10 heteroatoms. The summed E-state index contributed by atoms with van der Waals surface area (Å²) in [7, 11) is -4.25. The molecule has 1 amide bonds. The van der Waals surface area contributed by atoms with E-state index in [0.717, 1.165) is 0 Å². The molecule has 0 saturated heterocycles. The first kappa shape index (κ1) is 23.4. The fraction of sp³-hybridized carbons (Fsp3) is 0.364. The van der Waals surface area contributed by atoms with Crippen LogP contribution in [-0.4, -0.2) is 50.1 Å². The van der Waals surface area contributed by atoms with Crippen LogP contribution < -0.4 is 9.47 Å². The molecule has 1 heterocycles. The molecule has 2 aromatic carbocycles. The van der Waals surface area contributed by atoms with E-state index in [2.05, 4.69) is 0 Å². The second-order valence-corrected chi connectivity index (χ2v) is 9.70. The van der Waals surface area contributed by atoms with Gasteiger partial charge in [-0.05, 0) is 58.0 Å². The Balaban J connectivity index is 1.91. The quantitative estimate of drug-likeness (QED) is 0.627. The standard InChI is InChI=1S/C22H25NO8S/c1-5-28-20(24)15-7-6-8-16(13-15)30-17-9-10-18-19(14-17)32(26,27)23(11-12-29-18)21(25)31-22(2,3)4/h6-10,13-14H,5,11-12H2,1-4H3. The van der Waals surface area contributed by atoms with Crippen molar-refractivity contribution in [3.8, 4) is 17.2 Å². The van der Waals surface area contributed by atoms with Gasteiger partial charge in [0.25, 0.3) is 10.0 Å². The average molecular weight is 464 g/mol. The summed E-state index contributed by atoms with van der Waals surface area (Å²) in [4.78, 5) is 24.2. The molecule has 9 nitrogen and oxygen atoms in total. The highest BCUT2D eigenvalue weighted by molar-refractivity contribution is 7.89. The van der Waals surface area contributed by atoms with Gasteiger partial charge in [0.2, 0.25) is 0 Å². The third kappa shape index (κ3) is 5.31. The molecule has 0 spiro atoms. The number of hydrogen-bond donors (Lipinski definition) is 0. The summed E-state index contributed by atoms with van der Waals surface area (Å²) in [5.74, 6) is 0.0990. The number of hydrogen-bond acceptors (Lipinski definition) is 8. The van der Waals surface area contributed by atoms with Gasteiger partial charge in [0.05, 0.1) is 18.7 Å². The van der Waals surface area contributed by atoms with Crippen molar-refractivity contribution in [1.29, 1.82) is 0 Å². The van der Waals surface area contributed by atoms with Crippen molar-refractivity contribution in [3.63, 3.8) is 0 Å². The summed E-state index contributed by atoms with van der Waals surface area (Å²) < 4.78 is 48.6. The SMILES string of the molecule is CCOC(=O)c1cccc(Oc2ccc3c(c2)S(=O)(=O)N(C(=O)OC(C)(C)C)CCO3)c1. The minimum absolute atomic E-state index is 0.0206. The van der Waals surface area contributed by atoms with Gasteiger partial charge >= 0.3 is 12.1 Å². The van der Waals surface area contributed by atoms with Gasteiger partial charge in [-0.1, -0.05) is 6.07 Å². The minimum atomic E-state index is -4.25. The number of carbonyl (C=O) groups excluding carboxylic acids is 2. The molecule has 1 aliphatic rings. The van der Waals surface area contributed by atoms with Crippen LogP contribution in [0.1, 0.15) is 38.1 Å². The smallest absolute Gasteiger partial charge is 0.424 e. The zero-order valence-electron chi connectivity index (χ0n) is 18.3. The van der Waals surface area contributed by atoms with Gasteiger partial charge < -0.3 is 18.9 Å². The van der Waals surface area contributed by atoms with E-state index in [4.69, 9.17) is 18.9 Å². The Morgan fingerprint density at radius 3 is 2.50 bits per heavy atom. The number of nitrogens with zero attached hydrogens (tertiary/aromatic N) is 1. The summed E-state index contributed by atoms with van der Waals surface area (Å²) in [6.07, 6.45) is -0.984. The van der Waals surface area contributed by atoms with Crippen molar-refractivity contribution in [3.05, 3.63) is 48.0 Å². The fourth-order valence-corrected chi connectivity index (χ4v) is 4.32. The van der Waals surface area contributed by atoms with E-state index in [9.17, 15) is 18.0 Å². The largest absolute Gasteiger partial charge is 0.490 e. The van der Waals surface area contributed by atoms with Crippen LogP contribution in [0, 0.1) is 0 Å². The Labute approximate surface area is 186 Å². The predicted molar refractivity (Wildman–Crippen MR) is 115 cm³/mol. The van der Waals surface area contributed by atoms with Gasteiger partial charge in [0.1, 0.15) is 34.4 Å². The molecule has 0 fully saturated rings. The van der Waals surface area contributed by atoms with Crippen LogP contribution in [0.5, 0.6) is 17.2 Å². The Hall–Kier alpha value is -3.27. The number of rotatable bonds is 4. The maximum atomic E-state index is 13.2. The van der Waals surface area contributed by atoms with Gasteiger partial charge in [0.15, 0.2) is 0 Å². The van der Waals surface area contributed by atoms with E-state index in [0.29, 0.717) is 15.6 Å². The highest BCUT2D eigenvalue weighted by atomic mass is 32.2. The Morgan fingerprint density at radius 1 is 1.09 bits per heavy atom. The first-order valence-electron chi connectivity index (χ1n) is 9.99. The Morgan fingerprint density at radius 2 is 1.81 bits per heavy atom. The lowest BCUT2D eigenvalue weighted by Crippen LogP contribution is -2.41. The number of carbonyl (C=O) groups is 2. The third-order valence-corrected chi connectivity index (χ3v) is 6.00. The van der Waals surface area contributed by atoms with Gasteiger partial charge in [0, 0.05) is 6.07 Å². The Kier molecular flexibility index (Phi) is 6.63. The van der Waals surface area contributed by atoms with E-state index < -0.39 is 27.7 Å². The van der Waals surface area contributed by atoms with Crippen LogP contribution >= 0.6 is 0 Å². The summed E-state index contributed by atoms with van der Waals surface area (Å²) in [5, 5.41) is 0. The molecule has 32 heavy (non-hydrogen) atoms. The molecular weight excluding hydrogens is 438 g/mol. The molecule has 2 aromatic rings. The first-order valence-corrected chi connectivity index (χ1v) is 11.4. The number of fused-ring (bicyclic) bond motifs is 1. The Bertz CT molecular complexity index is 1120. The molecule has 0 aliphatic carbocycles. The van der Waals surface area contributed by atoms with Crippen LogP contribution in [-0.2, 0) is 19.5 Å². The number of ether oxygens (including phenoxy) is 4. The maximum absolute atomic E-state index is 13.2. The summed E-state index contributed by atoms with van der Waals surface area (Å²) in [5.41, 5.74) is -0.566. The lowest BCUT2D eigenvalue weighted by molar-refractivity contribution is 0.0380. The van der Waals surface area contributed by atoms with Crippen molar-refractivity contribution in [1.82, 2.24) is 4.31 Å². The van der Waals surface area contributed by atoms with E-state index in [1.54, 1.807) is 45.9 Å². The van der Waals surface area contributed by atoms with E-state index in [1.807, 2.05) is 0 Å². The lowest BCUT2D eigenvalue weighted by atomic mass is 10.2. The summed E-state index contributed by atoms with van der Waals surface area (Å²) in [6.45, 7) is 6.68. The molecule has 0 aromatic heterocycles. The minimum Gasteiger partial charge on any atom is -0.490 e. The van der Waals surface area contributed by atoms with Gasteiger partial charge in [-0.15, -0.1) is 0 Å². The summed E-state index contributed by atoms with van der Waals surface area (Å²) >= 11 is 0. The monoisotopic (exact) mass is 463 g/mol. The molecule has 3 rings (SSSR count). The molecule has 172 valence electrons. The number of benzene rings is 2. The van der Waals surface area contributed by atoms with Crippen LogP contribution in [0.15, 0.2) is 47.4 Å². The second-order valence-electron chi connectivity index (χ2n) is 7.86. The third-order valence-electron chi connectivity index (χ3n) is 4.21. The lowest BCUT2D eigenvalue weighted by Gasteiger charge is -2.25. The molecular formula is C22H25NO8S. The number of amides is 1. The first-order chi connectivity index (χ1) is 15.0. The highest BCUT2D eigenvalue weighted by Crippen LogP contribution is 2.35. The molecule has 0 bridgehead atoms. The molecule has 0 N–H and O–H groups in total. The molecule has 0 unspecified atom stereocenters. The predicted octanol–water partition coefficient (Wildman–Crippen LogP) is 3.97. The van der Waals surface area contributed by atoms with Crippen molar-refractivity contribution in [2.45, 2.75) is 38.2 Å². The van der Waals surface area contributed by atoms with Crippen LogP contribution in [0.25, 0.3) is 0 Å². The van der Waals surface area contributed by atoms with Crippen molar-refractivity contribution < 1.29 is 37.0 Å². The highest BCUT2D eigenvalue weighted by Gasteiger charge is 2.37. The zero-order chi connectivity index (χ0) is 23.5. The molecule has 0 saturated carbocycles. The normalized spacial score (nSPS) is 15.1. The van der Waals surface area contributed by atoms with Crippen molar-refractivity contribution in [2.75, 3.05) is 19.8 Å². The van der Waals surface area contributed by atoms with Crippen molar-refractivity contribution in [2.24, 2.45) is 0 Å². The number of sulfonamides is 1. The average Bonchev–Trinajstić information content (AvgIpc) is 2.83. The van der Waals surface area contributed by atoms with E-state index >= 15 is 0 Å². The van der Waals surface area contributed by atoms with Gasteiger partial charge in [-0.2, -0.15) is 4.31 Å². The number of esters is 1. The van der Waals surface area contributed by atoms with E-state index in [1.165, 1.54) is 24.3 Å². The van der Waals surface area contributed by atoms with Gasteiger partial charge in [-0.3, -0.25) is 0 Å². The molecule has 1 aliphatic heterocycles. The molecule has 0 radical (unpaired) electrons. The molecule has 0 atom stereocenters. The van der Waals surface area contributed by atoms with Crippen LogP contribution in [0.4, 0.5) is 4.79 Å². The topological polar surface area (TPSA) is 108 Å². The van der Waals surface area contributed by atoms with Crippen LogP contribution in [0.3, 0.4) is 0 Å². The summed E-state index contributed by atoms with van der Waals surface area (Å²) in [6, 6.07) is 10.6. The zero-order valence-corrected chi connectivity index (χ0v) is 19.1. The van der Waals surface area contributed by atoms with Crippen molar-refractivity contribution >= 4 is 22.1 Å². The maximum Gasteiger partial charge on any atom is 0.424 e. The van der Waals surface area contributed by atoms with Gasteiger partial charge in [-0.25, -0.2) is 18.0 Å².